The number of pyridine rings is 1. The lowest BCUT2D eigenvalue weighted by Crippen LogP contribution is -2.45. The molecule has 1 N–H and O–H groups in total. The maximum Gasteiger partial charge on any atom is 0.0652 e. The Morgan fingerprint density at radius 3 is 2.15 bits per heavy atom. The van der Waals surface area contributed by atoms with E-state index in [0.29, 0.717) is 22.0 Å². The van der Waals surface area contributed by atoms with Crippen LogP contribution in [0.2, 0.25) is 10.0 Å². The highest BCUT2D eigenvalue weighted by Crippen LogP contribution is 2.48. The topological polar surface area (TPSA) is 28.2 Å². The molecule has 1 aliphatic heterocycles. The van der Waals surface area contributed by atoms with E-state index < -0.39 is 0 Å². The monoisotopic (exact) mass is 357 g/mol. The molecule has 1 aromatic heterocycles. The van der Waals surface area contributed by atoms with E-state index in [9.17, 15) is 0 Å². The van der Waals surface area contributed by atoms with Crippen LogP contribution in [0.25, 0.3) is 0 Å². The molecule has 2 aliphatic rings. The summed E-state index contributed by atoms with van der Waals surface area (Å²) in [4.78, 5) is 6.57. The van der Waals surface area contributed by atoms with Crippen molar-refractivity contribution in [3.05, 3.63) is 28.0 Å². The van der Waals surface area contributed by atoms with E-state index in [1.165, 1.54) is 12.8 Å². The van der Waals surface area contributed by atoms with Gasteiger partial charge in [-0.15, -0.1) is 24.8 Å². The number of halogens is 4. The maximum absolute atomic E-state index is 6.33. The van der Waals surface area contributed by atoms with Crippen molar-refractivity contribution >= 4 is 48.0 Å². The first-order valence-electron chi connectivity index (χ1n) is 6.51. The fourth-order valence-electron chi connectivity index (χ4n) is 2.79. The number of rotatable bonds is 3. The SMILES string of the molecule is Cl.Cl.Clc1cncc(Cl)c1[C@H](C1CC1)N1CCNCC1. The Morgan fingerprint density at radius 2 is 1.65 bits per heavy atom. The molecule has 0 radical (unpaired) electrons. The van der Waals surface area contributed by atoms with Gasteiger partial charge in [-0.3, -0.25) is 9.88 Å². The number of nitrogens with one attached hydrogen (secondary N) is 1. The average molecular weight is 359 g/mol. The second kappa shape index (κ2) is 8.02. The zero-order valence-electron chi connectivity index (χ0n) is 11.0. The summed E-state index contributed by atoms with van der Waals surface area (Å²) in [5, 5.41) is 4.80. The van der Waals surface area contributed by atoms with Crippen molar-refractivity contribution in [3.63, 3.8) is 0 Å². The van der Waals surface area contributed by atoms with Crippen molar-refractivity contribution in [1.82, 2.24) is 15.2 Å². The number of piperazine rings is 1. The third-order valence-corrected chi connectivity index (χ3v) is 4.40. The van der Waals surface area contributed by atoms with Crippen LogP contribution in [0.4, 0.5) is 0 Å². The molecule has 2 fully saturated rings. The van der Waals surface area contributed by atoms with E-state index >= 15 is 0 Å². The van der Waals surface area contributed by atoms with Crippen molar-refractivity contribution < 1.29 is 0 Å². The van der Waals surface area contributed by atoms with E-state index in [1.807, 2.05) is 0 Å². The van der Waals surface area contributed by atoms with Gasteiger partial charge < -0.3 is 5.32 Å². The molecule has 0 bridgehead atoms. The summed E-state index contributed by atoms with van der Waals surface area (Å²) in [6.07, 6.45) is 5.98. The predicted octanol–water partition coefficient (Wildman–Crippen LogP) is 3.59. The van der Waals surface area contributed by atoms with Gasteiger partial charge in [0.25, 0.3) is 0 Å². The predicted molar refractivity (Wildman–Crippen MR) is 88.7 cm³/mol. The van der Waals surface area contributed by atoms with Crippen molar-refractivity contribution in [2.24, 2.45) is 5.92 Å². The van der Waals surface area contributed by atoms with Crippen LogP contribution in [0.1, 0.15) is 24.4 Å². The van der Waals surface area contributed by atoms with Crippen LogP contribution >= 0.6 is 48.0 Å². The molecule has 20 heavy (non-hydrogen) atoms. The minimum Gasteiger partial charge on any atom is -0.314 e. The van der Waals surface area contributed by atoms with Gasteiger partial charge in [-0.1, -0.05) is 23.2 Å². The third-order valence-electron chi connectivity index (χ3n) is 3.80. The Balaban J connectivity index is 0.000001000. The van der Waals surface area contributed by atoms with Crippen LogP contribution in [0.3, 0.4) is 0 Å². The van der Waals surface area contributed by atoms with Gasteiger partial charge in [-0.05, 0) is 18.8 Å². The van der Waals surface area contributed by atoms with Crippen LogP contribution in [-0.2, 0) is 0 Å². The van der Waals surface area contributed by atoms with Gasteiger partial charge in [-0.2, -0.15) is 0 Å². The highest BCUT2D eigenvalue weighted by molar-refractivity contribution is 6.35. The lowest BCUT2D eigenvalue weighted by Gasteiger charge is -2.36. The molecule has 0 amide bonds. The minimum absolute atomic E-state index is 0. The van der Waals surface area contributed by atoms with Gasteiger partial charge in [0, 0.05) is 50.2 Å². The molecule has 114 valence electrons. The van der Waals surface area contributed by atoms with Gasteiger partial charge >= 0.3 is 0 Å². The van der Waals surface area contributed by atoms with Gasteiger partial charge in [0.15, 0.2) is 0 Å². The molecule has 1 aromatic rings. The molecule has 0 spiro atoms. The first kappa shape index (κ1) is 18.3. The quantitative estimate of drug-likeness (QED) is 0.894. The molecule has 0 aromatic carbocycles. The van der Waals surface area contributed by atoms with Crippen LogP contribution < -0.4 is 5.32 Å². The number of hydrogen-bond donors (Lipinski definition) is 1. The number of hydrogen-bond acceptors (Lipinski definition) is 3. The van der Waals surface area contributed by atoms with Gasteiger partial charge in [0.2, 0.25) is 0 Å². The van der Waals surface area contributed by atoms with Crippen molar-refractivity contribution in [3.8, 4) is 0 Å². The summed E-state index contributed by atoms with van der Waals surface area (Å²) in [6, 6.07) is 0.370. The summed E-state index contributed by atoms with van der Waals surface area (Å²) < 4.78 is 0. The summed E-state index contributed by atoms with van der Waals surface area (Å²) in [5.41, 5.74) is 1.08. The molecule has 0 unspecified atom stereocenters. The molecular formula is C13H19Cl4N3. The molecule has 1 atom stereocenters. The largest absolute Gasteiger partial charge is 0.314 e. The van der Waals surface area contributed by atoms with Crippen LogP contribution in [0.15, 0.2) is 12.4 Å². The lowest BCUT2D eigenvalue weighted by atomic mass is 10.0. The summed E-state index contributed by atoms with van der Waals surface area (Å²) in [7, 11) is 0. The molecule has 7 heteroatoms. The first-order chi connectivity index (χ1) is 8.77. The fraction of sp³-hybridized carbons (Fsp3) is 0.615. The van der Waals surface area contributed by atoms with Crippen LogP contribution in [0, 0.1) is 5.92 Å². The van der Waals surface area contributed by atoms with E-state index in [1.54, 1.807) is 12.4 Å². The minimum atomic E-state index is 0. The van der Waals surface area contributed by atoms with Crippen LogP contribution in [0.5, 0.6) is 0 Å². The second-order valence-corrected chi connectivity index (χ2v) is 5.90. The Kier molecular flexibility index (Phi) is 7.33. The Bertz CT molecular complexity index is 413. The standard InChI is InChI=1S/C13H17Cl2N3.2ClH/c14-10-7-17-8-11(15)12(10)13(9-1-2-9)18-5-3-16-4-6-18;;/h7-9,13,16H,1-6H2;2*1H/t13-;;/m0../s1. The van der Waals surface area contributed by atoms with Gasteiger partial charge in [0.1, 0.15) is 0 Å². The Morgan fingerprint density at radius 1 is 1.10 bits per heavy atom. The van der Waals surface area contributed by atoms with Gasteiger partial charge in [-0.25, -0.2) is 0 Å². The molecular weight excluding hydrogens is 340 g/mol. The summed E-state index contributed by atoms with van der Waals surface area (Å²) in [5.74, 6) is 0.709. The van der Waals surface area contributed by atoms with Crippen molar-refractivity contribution in [1.29, 1.82) is 0 Å². The van der Waals surface area contributed by atoms with Crippen LogP contribution in [-0.4, -0.2) is 36.1 Å². The molecule has 3 nitrogen and oxygen atoms in total. The van der Waals surface area contributed by atoms with Gasteiger partial charge in [0.05, 0.1) is 10.0 Å². The van der Waals surface area contributed by atoms with Crippen molar-refractivity contribution in [2.45, 2.75) is 18.9 Å². The normalized spacial score (nSPS) is 20.7. The van der Waals surface area contributed by atoms with E-state index in [-0.39, 0.29) is 24.8 Å². The third kappa shape index (κ3) is 3.90. The number of aromatic nitrogens is 1. The highest BCUT2D eigenvalue weighted by atomic mass is 35.5. The molecule has 1 saturated carbocycles. The Labute approximate surface area is 142 Å². The molecule has 2 heterocycles. The van der Waals surface area contributed by atoms with E-state index in [4.69, 9.17) is 23.2 Å². The maximum atomic E-state index is 6.33. The molecule has 1 aliphatic carbocycles. The number of nitrogens with zero attached hydrogens (tertiary/aromatic N) is 2. The molecule has 3 rings (SSSR count). The summed E-state index contributed by atoms with van der Waals surface area (Å²) in [6.45, 7) is 4.22. The lowest BCUT2D eigenvalue weighted by molar-refractivity contribution is 0.156. The zero-order valence-corrected chi connectivity index (χ0v) is 14.2. The average Bonchev–Trinajstić information content (AvgIpc) is 3.19. The summed E-state index contributed by atoms with van der Waals surface area (Å²) >= 11 is 12.7. The highest BCUT2D eigenvalue weighted by Gasteiger charge is 2.38. The Hall–Kier alpha value is 0.230. The van der Waals surface area contributed by atoms with E-state index in [2.05, 4.69) is 15.2 Å². The van der Waals surface area contributed by atoms with E-state index in [0.717, 1.165) is 31.7 Å². The first-order valence-corrected chi connectivity index (χ1v) is 7.26. The zero-order chi connectivity index (χ0) is 12.5. The fourth-order valence-corrected chi connectivity index (χ4v) is 3.38. The smallest absolute Gasteiger partial charge is 0.0652 e. The van der Waals surface area contributed by atoms with Crippen molar-refractivity contribution in [2.75, 3.05) is 26.2 Å². The second-order valence-electron chi connectivity index (χ2n) is 5.09. The molecule has 1 saturated heterocycles.